The lowest BCUT2D eigenvalue weighted by Gasteiger charge is -2.23. The third-order valence-electron chi connectivity index (χ3n) is 1.60. The fourth-order valence-electron chi connectivity index (χ4n) is 0.749. The van der Waals surface area contributed by atoms with Gasteiger partial charge in [0.05, 0.1) is 12.8 Å². The van der Waals surface area contributed by atoms with Crippen LogP contribution in [0, 0.1) is 0 Å². The summed E-state index contributed by atoms with van der Waals surface area (Å²) in [5.41, 5.74) is 0. The average molecular weight is 209 g/mol. The van der Waals surface area contributed by atoms with E-state index in [0.29, 0.717) is 0 Å². The summed E-state index contributed by atoms with van der Waals surface area (Å²) in [5.74, 6) is 0. The van der Waals surface area contributed by atoms with Crippen LogP contribution in [0.5, 0.6) is 0 Å². The quantitative estimate of drug-likeness (QED) is 0.235. The molecule has 0 amide bonds. The Balaban J connectivity index is 4.15. The SMILES string of the molecule is CON=C[C@H](O)[C@@H](O)[C@@H](O)[C@H](O)CO. The second-order valence-corrected chi connectivity index (χ2v) is 2.66. The molecule has 7 nitrogen and oxygen atoms in total. The van der Waals surface area contributed by atoms with Crippen molar-refractivity contribution < 1.29 is 30.4 Å². The molecule has 0 saturated carbocycles. The Kier molecular flexibility index (Phi) is 6.34. The van der Waals surface area contributed by atoms with Crippen molar-refractivity contribution in [2.75, 3.05) is 13.7 Å². The van der Waals surface area contributed by atoms with Gasteiger partial charge in [-0.1, -0.05) is 5.16 Å². The Hall–Kier alpha value is -0.730. The molecule has 0 rings (SSSR count). The van der Waals surface area contributed by atoms with Crippen molar-refractivity contribution in [1.82, 2.24) is 0 Å². The monoisotopic (exact) mass is 209 g/mol. The highest BCUT2D eigenvalue weighted by Crippen LogP contribution is 2.03. The van der Waals surface area contributed by atoms with Crippen LogP contribution in [0.4, 0.5) is 0 Å². The van der Waals surface area contributed by atoms with E-state index in [9.17, 15) is 5.11 Å². The maximum atomic E-state index is 9.20. The summed E-state index contributed by atoms with van der Waals surface area (Å²) < 4.78 is 0. The third-order valence-corrected chi connectivity index (χ3v) is 1.60. The van der Waals surface area contributed by atoms with Crippen molar-refractivity contribution in [2.45, 2.75) is 24.4 Å². The van der Waals surface area contributed by atoms with Gasteiger partial charge in [0.25, 0.3) is 0 Å². The lowest BCUT2D eigenvalue weighted by molar-refractivity contribution is -0.100. The highest BCUT2D eigenvalue weighted by Gasteiger charge is 2.29. The van der Waals surface area contributed by atoms with Gasteiger partial charge in [0.2, 0.25) is 0 Å². The van der Waals surface area contributed by atoms with E-state index in [1.807, 2.05) is 0 Å². The summed E-state index contributed by atoms with van der Waals surface area (Å²) in [7, 11) is 1.24. The molecule has 0 aromatic rings. The van der Waals surface area contributed by atoms with Crippen LogP contribution in [-0.2, 0) is 4.84 Å². The molecule has 0 saturated heterocycles. The first kappa shape index (κ1) is 13.3. The molecule has 0 heterocycles. The van der Waals surface area contributed by atoms with Crippen LogP contribution >= 0.6 is 0 Å². The number of rotatable bonds is 6. The van der Waals surface area contributed by atoms with Gasteiger partial charge in [0.1, 0.15) is 31.5 Å². The van der Waals surface area contributed by atoms with Crippen molar-refractivity contribution in [2.24, 2.45) is 5.16 Å². The van der Waals surface area contributed by atoms with Crippen molar-refractivity contribution >= 4 is 6.21 Å². The average Bonchev–Trinajstić information content (AvgIpc) is 2.22. The first-order valence-electron chi connectivity index (χ1n) is 3.94. The van der Waals surface area contributed by atoms with Gasteiger partial charge in [0, 0.05) is 0 Å². The van der Waals surface area contributed by atoms with Crippen LogP contribution in [0.3, 0.4) is 0 Å². The Morgan fingerprint density at radius 2 is 1.79 bits per heavy atom. The fourth-order valence-corrected chi connectivity index (χ4v) is 0.749. The van der Waals surface area contributed by atoms with Gasteiger partial charge in [-0.3, -0.25) is 0 Å². The molecule has 0 aliphatic heterocycles. The second-order valence-electron chi connectivity index (χ2n) is 2.66. The largest absolute Gasteiger partial charge is 0.399 e. The molecule has 0 fully saturated rings. The van der Waals surface area contributed by atoms with E-state index in [-0.39, 0.29) is 0 Å². The molecule has 5 N–H and O–H groups in total. The number of aliphatic hydroxyl groups excluding tert-OH is 5. The van der Waals surface area contributed by atoms with E-state index in [0.717, 1.165) is 6.21 Å². The van der Waals surface area contributed by atoms with Crippen LogP contribution in [0.15, 0.2) is 5.16 Å². The number of hydrogen-bond donors (Lipinski definition) is 5. The molecule has 0 spiro atoms. The van der Waals surface area contributed by atoms with Crippen molar-refractivity contribution in [3.8, 4) is 0 Å². The smallest absolute Gasteiger partial charge is 0.121 e. The van der Waals surface area contributed by atoms with Gasteiger partial charge in [-0.15, -0.1) is 0 Å². The van der Waals surface area contributed by atoms with Gasteiger partial charge >= 0.3 is 0 Å². The number of oxime groups is 1. The Labute approximate surface area is 80.9 Å². The summed E-state index contributed by atoms with van der Waals surface area (Å²) in [6.07, 6.45) is -5.44. The van der Waals surface area contributed by atoms with Gasteiger partial charge in [-0.2, -0.15) is 0 Å². The molecule has 0 aliphatic carbocycles. The molecule has 84 valence electrons. The fraction of sp³-hybridized carbons (Fsp3) is 0.857. The second kappa shape index (κ2) is 6.68. The Morgan fingerprint density at radius 3 is 2.21 bits per heavy atom. The standard InChI is InChI=1S/C7H15NO6/c1-14-8-2-4(10)6(12)7(13)5(11)3-9/h2,4-7,9-13H,3H2,1H3/t4-,5+,6+,7-/m0/s1. The lowest BCUT2D eigenvalue weighted by Crippen LogP contribution is -2.46. The zero-order chi connectivity index (χ0) is 11.1. The summed E-state index contributed by atoms with van der Waals surface area (Å²) in [6.45, 7) is -0.716. The molecule has 0 aromatic carbocycles. The van der Waals surface area contributed by atoms with Crippen LogP contribution in [0.25, 0.3) is 0 Å². The van der Waals surface area contributed by atoms with E-state index in [1.54, 1.807) is 0 Å². The minimum atomic E-state index is -1.65. The molecule has 14 heavy (non-hydrogen) atoms. The van der Waals surface area contributed by atoms with Crippen LogP contribution in [0.1, 0.15) is 0 Å². The number of aliphatic hydroxyl groups is 5. The molecular formula is C7H15NO6. The molecule has 0 aromatic heterocycles. The predicted octanol–water partition coefficient (Wildman–Crippen LogP) is -2.95. The predicted molar refractivity (Wildman–Crippen MR) is 46.6 cm³/mol. The zero-order valence-electron chi connectivity index (χ0n) is 7.69. The number of nitrogens with zero attached hydrogens (tertiary/aromatic N) is 1. The first-order chi connectivity index (χ1) is 6.54. The summed E-state index contributed by atoms with van der Waals surface area (Å²) in [5, 5.41) is 48.0. The van der Waals surface area contributed by atoms with E-state index in [4.69, 9.17) is 20.4 Å². The van der Waals surface area contributed by atoms with E-state index in [1.165, 1.54) is 7.11 Å². The highest BCUT2D eigenvalue weighted by atomic mass is 16.6. The van der Waals surface area contributed by atoms with Gasteiger partial charge in [-0.05, 0) is 0 Å². The summed E-state index contributed by atoms with van der Waals surface area (Å²) >= 11 is 0. The van der Waals surface area contributed by atoms with E-state index < -0.39 is 31.0 Å². The maximum Gasteiger partial charge on any atom is 0.121 e. The Morgan fingerprint density at radius 1 is 1.21 bits per heavy atom. The van der Waals surface area contributed by atoms with Crippen LogP contribution < -0.4 is 0 Å². The highest BCUT2D eigenvalue weighted by molar-refractivity contribution is 5.62. The number of hydrogen-bond acceptors (Lipinski definition) is 7. The zero-order valence-corrected chi connectivity index (χ0v) is 7.69. The molecular weight excluding hydrogens is 194 g/mol. The lowest BCUT2D eigenvalue weighted by atomic mass is 10.0. The Bertz CT molecular complexity index is 176. The molecule has 0 radical (unpaired) electrons. The maximum absolute atomic E-state index is 9.20. The van der Waals surface area contributed by atoms with E-state index in [2.05, 4.69) is 9.99 Å². The molecule has 0 aliphatic rings. The van der Waals surface area contributed by atoms with Crippen molar-refractivity contribution in [1.29, 1.82) is 0 Å². The third kappa shape index (κ3) is 3.99. The van der Waals surface area contributed by atoms with Gasteiger partial charge in [-0.25, -0.2) is 0 Å². The molecule has 7 heteroatoms. The minimum Gasteiger partial charge on any atom is -0.399 e. The van der Waals surface area contributed by atoms with Crippen LogP contribution in [-0.4, -0.2) is 69.9 Å². The minimum absolute atomic E-state index is 0.716. The molecule has 0 bridgehead atoms. The van der Waals surface area contributed by atoms with Gasteiger partial charge in [0.15, 0.2) is 0 Å². The topological polar surface area (TPSA) is 123 Å². The van der Waals surface area contributed by atoms with Crippen molar-refractivity contribution in [3.63, 3.8) is 0 Å². The van der Waals surface area contributed by atoms with Gasteiger partial charge < -0.3 is 30.4 Å². The molecule has 4 atom stereocenters. The van der Waals surface area contributed by atoms with E-state index >= 15 is 0 Å². The normalized spacial score (nSPS) is 20.4. The van der Waals surface area contributed by atoms with Crippen LogP contribution in [0.2, 0.25) is 0 Å². The summed E-state index contributed by atoms with van der Waals surface area (Å²) in [6, 6.07) is 0. The van der Waals surface area contributed by atoms with Crippen molar-refractivity contribution in [3.05, 3.63) is 0 Å². The molecule has 0 unspecified atom stereocenters. The summed E-state index contributed by atoms with van der Waals surface area (Å²) in [4.78, 5) is 4.23. The first-order valence-corrected chi connectivity index (χ1v) is 3.94.